The Hall–Kier alpha value is -1.60. The highest BCUT2D eigenvalue weighted by molar-refractivity contribution is 7.93. The molecule has 0 saturated carbocycles. The number of thiazole rings is 1. The Balaban J connectivity index is 2.45. The van der Waals surface area contributed by atoms with Crippen LogP contribution in [-0.4, -0.2) is 13.4 Å². The van der Waals surface area contributed by atoms with Crippen molar-refractivity contribution in [2.45, 2.75) is 32.6 Å². The van der Waals surface area contributed by atoms with Crippen LogP contribution in [-0.2, 0) is 10.0 Å². The van der Waals surface area contributed by atoms with Crippen LogP contribution in [0, 0.1) is 27.7 Å². The number of hydrogen-bond acceptors (Lipinski definition) is 5. The summed E-state index contributed by atoms with van der Waals surface area (Å²) in [5.74, 6) is 0. The van der Waals surface area contributed by atoms with E-state index in [4.69, 9.17) is 5.73 Å². The number of aromatic nitrogens is 1. The first kappa shape index (κ1) is 14.8. The Morgan fingerprint density at radius 3 is 2.40 bits per heavy atom. The molecule has 2 rings (SSSR count). The van der Waals surface area contributed by atoms with Crippen LogP contribution in [0.1, 0.15) is 21.7 Å². The average Bonchev–Trinajstić information content (AvgIpc) is 2.61. The zero-order valence-electron chi connectivity index (χ0n) is 11.8. The molecule has 1 aromatic heterocycles. The monoisotopic (exact) mass is 311 g/mol. The van der Waals surface area contributed by atoms with Gasteiger partial charge in [0.15, 0.2) is 5.13 Å². The maximum absolute atomic E-state index is 12.4. The van der Waals surface area contributed by atoms with Crippen LogP contribution >= 0.6 is 11.3 Å². The molecule has 0 atom stereocenters. The van der Waals surface area contributed by atoms with E-state index >= 15 is 0 Å². The molecule has 0 unspecified atom stereocenters. The summed E-state index contributed by atoms with van der Waals surface area (Å²) in [6, 6.07) is 3.23. The minimum atomic E-state index is -3.67. The third kappa shape index (κ3) is 2.78. The van der Waals surface area contributed by atoms with Crippen molar-refractivity contribution in [2.75, 3.05) is 10.5 Å². The van der Waals surface area contributed by atoms with E-state index in [-0.39, 0.29) is 4.90 Å². The predicted octanol–water partition coefficient (Wildman–Crippen LogP) is 2.76. The van der Waals surface area contributed by atoms with Crippen LogP contribution in [0.4, 0.5) is 10.8 Å². The number of nitrogens with two attached hydrogens (primary N) is 1. The number of nitrogen functional groups attached to an aromatic ring is 1. The van der Waals surface area contributed by atoms with E-state index in [9.17, 15) is 8.42 Å². The molecule has 0 aliphatic carbocycles. The number of nitrogens with one attached hydrogen (secondary N) is 1. The first-order valence-corrected chi connectivity index (χ1v) is 8.34. The first-order valence-electron chi connectivity index (χ1n) is 6.04. The lowest BCUT2D eigenvalue weighted by Gasteiger charge is -2.11. The van der Waals surface area contributed by atoms with Gasteiger partial charge in [0.25, 0.3) is 10.0 Å². The summed E-state index contributed by atoms with van der Waals surface area (Å²) in [6.07, 6.45) is 0. The number of anilines is 2. The van der Waals surface area contributed by atoms with Crippen molar-refractivity contribution < 1.29 is 8.42 Å². The Morgan fingerprint density at radius 2 is 1.85 bits per heavy atom. The van der Waals surface area contributed by atoms with Gasteiger partial charge in [0, 0.05) is 10.6 Å². The number of sulfonamides is 1. The van der Waals surface area contributed by atoms with Crippen molar-refractivity contribution in [1.82, 2.24) is 4.98 Å². The summed E-state index contributed by atoms with van der Waals surface area (Å²) < 4.78 is 27.4. The summed E-state index contributed by atoms with van der Waals surface area (Å²) in [4.78, 5) is 5.38. The van der Waals surface area contributed by atoms with Crippen LogP contribution in [0.2, 0.25) is 0 Å². The van der Waals surface area contributed by atoms with Crippen molar-refractivity contribution in [3.05, 3.63) is 33.8 Å². The fourth-order valence-corrected chi connectivity index (χ4v) is 4.22. The van der Waals surface area contributed by atoms with E-state index in [2.05, 4.69) is 9.71 Å². The molecule has 0 fully saturated rings. The van der Waals surface area contributed by atoms with Gasteiger partial charge < -0.3 is 5.73 Å². The molecule has 2 aromatic rings. The van der Waals surface area contributed by atoms with Gasteiger partial charge in [-0.3, -0.25) is 4.72 Å². The lowest BCUT2D eigenvalue weighted by Crippen LogP contribution is -2.15. The number of nitrogens with zero attached hydrogens (tertiary/aromatic N) is 1. The fourth-order valence-electron chi connectivity index (χ4n) is 1.82. The van der Waals surface area contributed by atoms with E-state index in [1.165, 1.54) is 17.4 Å². The fraction of sp³-hybridized carbons (Fsp3) is 0.308. The molecule has 0 saturated heterocycles. The molecule has 0 radical (unpaired) electrons. The summed E-state index contributed by atoms with van der Waals surface area (Å²) in [6.45, 7) is 7.35. The molecule has 0 aliphatic rings. The van der Waals surface area contributed by atoms with E-state index in [0.29, 0.717) is 16.4 Å². The summed E-state index contributed by atoms with van der Waals surface area (Å²) >= 11 is 1.32. The number of rotatable bonds is 3. The van der Waals surface area contributed by atoms with Gasteiger partial charge in [0.1, 0.15) is 0 Å². The normalized spacial score (nSPS) is 11.6. The molecule has 0 amide bonds. The van der Waals surface area contributed by atoms with Crippen molar-refractivity contribution >= 4 is 32.2 Å². The minimum absolute atomic E-state index is 0.195. The van der Waals surface area contributed by atoms with Gasteiger partial charge in [0.05, 0.1) is 10.6 Å². The van der Waals surface area contributed by atoms with Gasteiger partial charge in [-0.2, -0.15) is 0 Å². The quantitative estimate of drug-likeness (QED) is 0.854. The Labute approximate surface area is 122 Å². The minimum Gasteiger partial charge on any atom is -0.399 e. The molecule has 20 heavy (non-hydrogen) atoms. The largest absolute Gasteiger partial charge is 0.399 e. The zero-order chi connectivity index (χ0) is 15.1. The molecule has 3 N–H and O–H groups in total. The van der Waals surface area contributed by atoms with Crippen molar-refractivity contribution in [1.29, 1.82) is 0 Å². The summed E-state index contributed by atoms with van der Waals surface area (Å²) in [7, 11) is -3.67. The summed E-state index contributed by atoms with van der Waals surface area (Å²) in [5, 5.41) is 0.375. The molecule has 1 aromatic carbocycles. The third-order valence-corrected chi connectivity index (χ3v) is 5.76. The third-order valence-electron chi connectivity index (χ3n) is 3.18. The number of aryl methyl sites for hydroxylation is 3. The topological polar surface area (TPSA) is 85.1 Å². The van der Waals surface area contributed by atoms with Gasteiger partial charge >= 0.3 is 0 Å². The highest BCUT2D eigenvalue weighted by Crippen LogP contribution is 2.27. The Bertz CT molecular complexity index is 745. The molecular weight excluding hydrogens is 294 g/mol. The molecule has 0 aliphatic heterocycles. The van der Waals surface area contributed by atoms with Crippen LogP contribution in [0.15, 0.2) is 17.0 Å². The van der Waals surface area contributed by atoms with E-state index < -0.39 is 10.0 Å². The van der Waals surface area contributed by atoms with E-state index in [1.54, 1.807) is 13.0 Å². The lowest BCUT2D eigenvalue weighted by molar-refractivity contribution is 0.600. The van der Waals surface area contributed by atoms with Crippen LogP contribution in [0.3, 0.4) is 0 Å². The van der Waals surface area contributed by atoms with E-state index in [1.807, 2.05) is 20.8 Å². The average molecular weight is 311 g/mol. The van der Waals surface area contributed by atoms with Gasteiger partial charge in [-0.15, -0.1) is 11.3 Å². The van der Waals surface area contributed by atoms with Crippen LogP contribution in [0.25, 0.3) is 0 Å². The molecule has 5 nitrogen and oxygen atoms in total. The predicted molar refractivity (Wildman–Crippen MR) is 82.7 cm³/mol. The molecule has 108 valence electrons. The maximum Gasteiger partial charge on any atom is 0.264 e. The lowest BCUT2D eigenvalue weighted by atomic mass is 10.1. The van der Waals surface area contributed by atoms with Crippen LogP contribution < -0.4 is 10.5 Å². The van der Waals surface area contributed by atoms with Gasteiger partial charge in [0.2, 0.25) is 0 Å². The second kappa shape index (κ2) is 5.06. The molecule has 7 heteroatoms. The molecule has 0 spiro atoms. The second-order valence-electron chi connectivity index (χ2n) is 4.73. The molecule has 0 bridgehead atoms. The second-order valence-corrected chi connectivity index (χ2v) is 7.58. The number of hydrogen-bond donors (Lipinski definition) is 2. The molecular formula is C13H17N3O2S2. The maximum atomic E-state index is 12.4. The smallest absolute Gasteiger partial charge is 0.264 e. The van der Waals surface area contributed by atoms with Gasteiger partial charge in [-0.25, -0.2) is 13.4 Å². The van der Waals surface area contributed by atoms with Gasteiger partial charge in [-0.05, 0) is 51.0 Å². The SMILES string of the molecule is Cc1cc(N)cc(S(=O)(=O)Nc2nc(C)c(C)s2)c1C. The Kier molecular flexibility index (Phi) is 3.75. The summed E-state index contributed by atoms with van der Waals surface area (Å²) in [5.41, 5.74) is 8.53. The van der Waals surface area contributed by atoms with Crippen molar-refractivity contribution in [2.24, 2.45) is 0 Å². The van der Waals surface area contributed by atoms with Crippen molar-refractivity contribution in [3.8, 4) is 0 Å². The molecule has 1 heterocycles. The highest BCUT2D eigenvalue weighted by atomic mass is 32.2. The first-order chi connectivity index (χ1) is 9.20. The number of benzene rings is 1. The zero-order valence-corrected chi connectivity index (χ0v) is 13.4. The standard InChI is InChI=1S/C13H17N3O2S2/c1-7-5-11(14)6-12(8(7)2)20(17,18)16-13-15-9(3)10(4)19-13/h5-6H,14H2,1-4H3,(H,15,16). The Morgan fingerprint density at radius 1 is 1.20 bits per heavy atom. The van der Waals surface area contributed by atoms with Gasteiger partial charge in [-0.1, -0.05) is 0 Å². The van der Waals surface area contributed by atoms with Crippen molar-refractivity contribution in [3.63, 3.8) is 0 Å². The van der Waals surface area contributed by atoms with E-state index in [0.717, 1.165) is 16.1 Å². The highest BCUT2D eigenvalue weighted by Gasteiger charge is 2.20. The van der Waals surface area contributed by atoms with Crippen LogP contribution in [0.5, 0.6) is 0 Å².